The van der Waals surface area contributed by atoms with Gasteiger partial charge in [-0.25, -0.2) is 4.39 Å². The molecule has 0 aliphatic carbocycles. The molecule has 0 radical (unpaired) electrons. The topological polar surface area (TPSA) is 87.7 Å². The fraction of sp³-hybridized carbons (Fsp3) is 0.200. The van der Waals surface area contributed by atoms with Crippen LogP contribution in [0.5, 0.6) is 0 Å². The number of carbonyl (C=O) groups is 1. The van der Waals surface area contributed by atoms with Gasteiger partial charge in [0.1, 0.15) is 12.2 Å². The van der Waals surface area contributed by atoms with Crippen LogP contribution in [-0.2, 0) is 4.79 Å². The number of benzene rings is 1. The third kappa shape index (κ3) is 4.45. The van der Waals surface area contributed by atoms with Gasteiger partial charge >= 0.3 is 6.18 Å². The summed E-state index contributed by atoms with van der Waals surface area (Å²) in [5.74, 6) is -2.75. The number of nitrogens with zero attached hydrogens (tertiary/aromatic N) is 1. The normalized spacial score (nSPS) is 12.3. The lowest BCUT2D eigenvalue weighted by Gasteiger charge is -2.09. The first-order valence-corrected chi connectivity index (χ1v) is 4.87. The number of alkyl halides is 3. The number of carbonyl (C=O) groups excluding carboxylic acids is 1. The second-order valence-corrected chi connectivity index (χ2v) is 3.52. The van der Waals surface area contributed by atoms with Crippen LogP contribution >= 0.6 is 0 Å². The summed E-state index contributed by atoms with van der Waals surface area (Å²) >= 11 is 0. The van der Waals surface area contributed by atoms with E-state index < -0.39 is 30.0 Å². The minimum atomic E-state index is -4.67. The van der Waals surface area contributed by atoms with Gasteiger partial charge < -0.3 is 16.3 Å². The van der Waals surface area contributed by atoms with Crippen molar-refractivity contribution in [3.8, 4) is 0 Å². The Bertz CT molecular complexity index is 514. The van der Waals surface area contributed by atoms with Gasteiger partial charge in [-0.2, -0.15) is 13.2 Å². The van der Waals surface area contributed by atoms with Crippen LogP contribution in [0.3, 0.4) is 0 Å². The average molecular weight is 279 g/mol. The van der Waals surface area contributed by atoms with E-state index in [1.54, 1.807) is 5.32 Å². The molecule has 0 unspecified atom stereocenters. The largest absolute Gasteiger partial charge is 0.409 e. The smallest absolute Gasteiger partial charge is 0.397 e. The van der Waals surface area contributed by atoms with Crippen molar-refractivity contribution in [1.82, 2.24) is 0 Å². The zero-order valence-corrected chi connectivity index (χ0v) is 9.33. The van der Waals surface area contributed by atoms with Crippen molar-refractivity contribution in [3.05, 3.63) is 29.6 Å². The van der Waals surface area contributed by atoms with Gasteiger partial charge in [0.2, 0.25) is 5.91 Å². The lowest BCUT2D eigenvalue weighted by Crippen LogP contribution is -2.22. The number of halogens is 4. The molecule has 0 aliphatic rings. The van der Waals surface area contributed by atoms with Gasteiger partial charge in [-0.05, 0) is 18.2 Å². The minimum absolute atomic E-state index is 0.0221. The molecule has 19 heavy (non-hydrogen) atoms. The van der Waals surface area contributed by atoms with Crippen LogP contribution in [0.2, 0.25) is 0 Å². The van der Waals surface area contributed by atoms with Crippen molar-refractivity contribution in [2.24, 2.45) is 10.9 Å². The standard InChI is InChI=1S/C10H9F4N3O2/c11-6-3-5(9(15)17-19)1-2-7(6)16-8(18)4-10(12,13)14/h1-3,19H,4H2,(H2,15,17)(H,16,18). The summed E-state index contributed by atoms with van der Waals surface area (Å²) < 4.78 is 49.2. The fourth-order valence-corrected chi connectivity index (χ4v) is 1.21. The Morgan fingerprint density at radius 1 is 1.42 bits per heavy atom. The lowest BCUT2D eigenvalue weighted by molar-refractivity contribution is -0.150. The van der Waals surface area contributed by atoms with Gasteiger partial charge in [0, 0.05) is 5.56 Å². The van der Waals surface area contributed by atoms with Gasteiger partial charge in [-0.1, -0.05) is 5.16 Å². The molecule has 9 heteroatoms. The Morgan fingerprint density at radius 3 is 2.53 bits per heavy atom. The molecule has 0 heterocycles. The first-order chi connectivity index (χ1) is 8.73. The highest BCUT2D eigenvalue weighted by Crippen LogP contribution is 2.21. The highest BCUT2D eigenvalue weighted by Gasteiger charge is 2.31. The summed E-state index contributed by atoms with van der Waals surface area (Å²) in [5.41, 5.74) is 4.79. The monoisotopic (exact) mass is 279 g/mol. The number of nitrogens with one attached hydrogen (secondary N) is 1. The van der Waals surface area contributed by atoms with Crippen molar-refractivity contribution >= 4 is 17.4 Å². The maximum atomic E-state index is 13.5. The number of amides is 1. The molecule has 0 atom stereocenters. The van der Waals surface area contributed by atoms with E-state index in [1.807, 2.05) is 0 Å². The Morgan fingerprint density at radius 2 is 2.05 bits per heavy atom. The number of amidine groups is 1. The summed E-state index contributed by atoms with van der Waals surface area (Å²) in [4.78, 5) is 11.0. The van der Waals surface area contributed by atoms with Gasteiger partial charge in [-0.15, -0.1) is 0 Å². The van der Waals surface area contributed by atoms with Gasteiger partial charge in [0.05, 0.1) is 5.69 Å². The maximum absolute atomic E-state index is 13.5. The van der Waals surface area contributed by atoms with E-state index in [-0.39, 0.29) is 11.4 Å². The van der Waals surface area contributed by atoms with E-state index in [0.717, 1.165) is 12.1 Å². The summed E-state index contributed by atoms with van der Waals surface area (Å²) in [5, 5.41) is 12.8. The number of hydrogen-bond acceptors (Lipinski definition) is 3. The molecule has 1 amide bonds. The molecule has 0 saturated carbocycles. The molecule has 1 aromatic carbocycles. The Balaban J connectivity index is 2.84. The Hall–Kier alpha value is -2.32. The van der Waals surface area contributed by atoms with Crippen LogP contribution in [-0.4, -0.2) is 23.1 Å². The minimum Gasteiger partial charge on any atom is -0.409 e. The summed E-state index contributed by atoms with van der Waals surface area (Å²) in [6.45, 7) is 0. The molecule has 4 N–H and O–H groups in total. The van der Waals surface area contributed by atoms with Crippen LogP contribution in [0.15, 0.2) is 23.4 Å². The zero-order chi connectivity index (χ0) is 14.6. The summed E-state index contributed by atoms with van der Waals surface area (Å²) in [6, 6.07) is 3.01. The SMILES string of the molecule is N/C(=N/O)c1ccc(NC(=O)CC(F)(F)F)c(F)c1. The van der Waals surface area contributed by atoms with Crippen molar-refractivity contribution < 1.29 is 27.6 Å². The maximum Gasteiger partial charge on any atom is 0.397 e. The van der Waals surface area contributed by atoms with Crippen molar-refractivity contribution in [2.45, 2.75) is 12.6 Å². The third-order valence-corrected chi connectivity index (χ3v) is 2.01. The Labute approximate surface area is 104 Å². The van der Waals surface area contributed by atoms with E-state index in [1.165, 1.54) is 6.07 Å². The van der Waals surface area contributed by atoms with E-state index in [4.69, 9.17) is 10.9 Å². The zero-order valence-electron chi connectivity index (χ0n) is 9.33. The number of anilines is 1. The third-order valence-electron chi connectivity index (χ3n) is 2.01. The molecule has 5 nitrogen and oxygen atoms in total. The first-order valence-electron chi connectivity index (χ1n) is 4.87. The molecule has 1 rings (SSSR count). The summed E-state index contributed by atoms with van der Waals surface area (Å²) in [7, 11) is 0. The molecule has 0 aliphatic heterocycles. The first kappa shape index (κ1) is 14.7. The molecular formula is C10H9F4N3O2. The molecule has 0 aromatic heterocycles. The van der Waals surface area contributed by atoms with Crippen molar-refractivity contribution in [3.63, 3.8) is 0 Å². The van der Waals surface area contributed by atoms with Crippen LogP contribution < -0.4 is 11.1 Å². The van der Waals surface area contributed by atoms with Crippen molar-refractivity contribution in [1.29, 1.82) is 0 Å². The van der Waals surface area contributed by atoms with E-state index in [2.05, 4.69) is 5.16 Å². The lowest BCUT2D eigenvalue weighted by atomic mass is 10.2. The number of nitrogens with two attached hydrogens (primary N) is 1. The second-order valence-electron chi connectivity index (χ2n) is 3.52. The average Bonchev–Trinajstić information content (AvgIpc) is 2.28. The van der Waals surface area contributed by atoms with Crippen LogP contribution in [0, 0.1) is 5.82 Å². The quantitative estimate of drug-likeness (QED) is 0.259. The second kappa shape index (κ2) is 5.55. The van der Waals surface area contributed by atoms with Crippen LogP contribution in [0.4, 0.5) is 23.2 Å². The molecular weight excluding hydrogens is 270 g/mol. The van der Waals surface area contributed by atoms with Crippen molar-refractivity contribution in [2.75, 3.05) is 5.32 Å². The number of hydrogen-bond donors (Lipinski definition) is 3. The van der Waals surface area contributed by atoms with E-state index >= 15 is 0 Å². The number of rotatable bonds is 3. The molecule has 104 valence electrons. The molecule has 0 bridgehead atoms. The molecule has 0 fully saturated rings. The predicted octanol–water partition coefficient (Wildman–Crippen LogP) is 1.81. The summed E-state index contributed by atoms with van der Waals surface area (Å²) in [6.07, 6.45) is -6.39. The fourth-order valence-electron chi connectivity index (χ4n) is 1.21. The van der Waals surface area contributed by atoms with Crippen LogP contribution in [0.25, 0.3) is 0 Å². The van der Waals surface area contributed by atoms with E-state index in [0.29, 0.717) is 0 Å². The molecule has 1 aromatic rings. The molecule has 0 saturated heterocycles. The van der Waals surface area contributed by atoms with Gasteiger partial charge in [-0.3, -0.25) is 4.79 Å². The predicted molar refractivity (Wildman–Crippen MR) is 58.2 cm³/mol. The van der Waals surface area contributed by atoms with Crippen LogP contribution in [0.1, 0.15) is 12.0 Å². The highest BCUT2D eigenvalue weighted by molar-refractivity contribution is 5.98. The number of oxime groups is 1. The van der Waals surface area contributed by atoms with Gasteiger partial charge in [0.25, 0.3) is 0 Å². The van der Waals surface area contributed by atoms with E-state index in [9.17, 15) is 22.4 Å². The Kier molecular flexibility index (Phi) is 4.30. The van der Waals surface area contributed by atoms with Gasteiger partial charge in [0.15, 0.2) is 5.84 Å². The molecule has 0 spiro atoms. The highest BCUT2D eigenvalue weighted by atomic mass is 19.4.